The van der Waals surface area contributed by atoms with E-state index in [-0.39, 0.29) is 0 Å². The Bertz CT molecular complexity index is 640. The van der Waals surface area contributed by atoms with Crippen LogP contribution in [0.3, 0.4) is 0 Å². The van der Waals surface area contributed by atoms with Crippen molar-refractivity contribution in [1.29, 1.82) is 0 Å². The molecule has 1 aliphatic rings. The quantitative estimate of drug-likeness (QED) is 0.814. The summed E-state index contributed by atoms with van der Waals surface area (Å²) in [6.07, 6.45) is 5.66. The molecule has 1 aromatic carbocycles. The van der Waals surface area contributed by atoms with Crippen LogP contribution in [-0.2, 0) is 6.67 Å². The number of ether oxygens (including phenoxy) is 1. The molecule has 6 heteroatoms. The Labute approximate surface area is 129 Å². The van der Waals surface area contributed by atoms with Crippen LogP contribution < -0.4 is 4.74 Å². The van der Waals surface area contributed by atoms with Gasteiger partial charge in [0, 0.05) is 5.69 Å². The smallest absolute Gasteiger partial charge is 0.203 e. The number of methoxy groups -OCH3 is 1. The maximum Gasteiger partial charge on any atom is 0.203 e. The molecule has 5 nitrogen and oxygen atoms in total. The number of hydrogen-bond donors (Lipinski definition) is 0. The molecular weight excluding hydrogens is 284 g/mol. The molecule has 112 valence electrons. The molecule has 0 atom stereocenters. The number of benzene rings is 1. The summed E-state index contributed by atoms with van der Waals surface area (Å²) < 4.78 is 9.73. The van der Waals surface area contributed by atoms with Crippen molar-refractivity contribution in [3.63, 3.8) is 0 Å². The second-order valence-corrected chi connectivity index (χ2v) is 5.67. The van der Waals surface area contributed by atoms with E-state index in [9.17, 15) is 0 Å². The van der Waals surface area contributed by atoms with Crippen LogP contribution in [0.15, 0.2) is 30.6 Å². The number of piperidine rings is 1. The first-order valence-electron chi connectivity index (χ1n) is 7.29. The summed E-state index contributed by atoms with van der Waals surface area (Å²) in [7, 11) is 1.66. The lowest BCUT2D eigenvalue weighted by Crippen LogP contribution is -2.32. The van der Waals surface area contributed by atoms with Gasteiger partial charge in [0.25, 0.3) is 0 Å². The van der Waals surface area contributed by atoms with Crippen molar-refractivity contribution >= 4 is 12.2 Å². The minimum absolute atomic E-state index is 0.728. The minimum Gasteiger partial charge on any atom is -0.497 e. The molecule has 1 saturated heterocycles. The second kappa shape index (κ2) is 6.41. The molecule has 3 rings (SSSR count). The summed E-state index contributed by atoms with van der Waals surface area (Å²) in [5, 5.41) is 4.43. The predicted molar refractivity (Wildman–Crippen MR) is 84.4 cm³/mol. The molecule has 0 radical (unpaired) electrons. The first-order valence-corrected chi connectivity index (χ1v) is 7.70. The summed E-state index contributed by atoms with van der Waals surface area (Å²) >= 11 is 5.54. The lowest BCUT2D eigenvalue weighted by atomic mass is 10.1. The van der Waals surface area contributed by atoms with Gasteiger partial charge in [-0.25, -0.2) is 4.68 Å². The van der Waals surface area contributed by atoms with Crippen LogP contribution in [0.5, 0.6) is 5.75 Å². The molecule has 2 aromatic rings. The Balaban J connectivity index is 1.79. The maximum absolute atomic E-state index is 5.54. The SMILES string of the molecule is COc1ccc(-n2cnn(CN3CCCCC3)c2=S)cc1. The second-order valence-electron chi connectivity index (χ2n) is 5.30. The van der Waals surface area contributed by atoms with Crippen LogP contribution in [0.4, 0.5) is 0 Å². The van der Waals surface area contributed by atoms with Crippen LogP contribution in [-0.4, -0.2) is 39.4 Å². The van der Waals surface area contributed by atoms with Gasteiger partial charge >= 0.3 is 0 Å². The fourth-order valence-electron chi connectivity index (χ4n) is 2.64. The molecule has 0 aliphatic carbocycles. The lowest BCUT2D eigenvalue weighted by Gasteiger charge is -2.25. The highest BCUT2D eigenvalue weighted by Crippen LogP contribution is 2.16. The molecule has 0 N–H and O–H groups in total. The Morgan fingerprint density at radius 1 is 1.14 bits per heavy atom. The molecule has 21 heavy (non-hydrogen) atoms. The third-order valence-corrected chi connectivity index (χ3v) is 4.27. The molecule has 2 heterocycles. The number of aromatic nitrogens is 3. The maximum atomic E-state index is 5.54. The van der Waals surface area contributed by atoms with E-state index >= 15 is 0 Å². The van der Waals surface area contributed by atoms with Gasteiger partial charge in [-0.1, -0.05) is 6.42 Å². The van der Waals surface area contributed by atoms with Crippen molar-refractivity contribution in [3.05, 3.63) is 35.4 Å². The average molecular weight is 304 g/mol. The van der Waals surface area contributed by atoms with E-state index in [1.54, 1.807) is 13.4 Å². The van der Waals surface area contributed by atoms with E-state index in [1.807, 2.05) is 33.5 Å². The van der Waals surface area contributed by atoms with E-state index < -0.39 is 0 Å². The van der Waals surface area contributed by atoms with Crippen molar-refractivity contribution < 1.29 is 4.74 Å². The summed E-state index contributed by atoms with van der Waals surface area (Å²) in [6, 6.07) is 7.83. The summed E-state index contributed by atoms with van der Waals surface area (Å²) in [6.45, 7) is 3.05. The zero-order chi connectivity index (χ0) is 14.7. The van der Waals surface area contributed by atoms with Gasteiger partial charge in [0.2, 0.25) is 4.77 Å². The Hall–Kier alpha value is -1.66. The normalized spacial score (nSPS) is 16.0. The Morgan fingerprint density at radius 2 is 1.86 bits per heavy atom. The van der Waals surface area contributed by atoms with Gasteiger partial charge < -0.3 is 4.74 Å². The van der Waals surface area contributed by atoms with E-state index in [0.717, 1.165) is 36.0 Å². The predicted octanol–water partition coefficient (Wildman–Crippen LogP) is 2.86. The lowest BCUT2D eigenvalue weighted by molar-refractivity contribution is 0.172. The van der Waals surface area contributed by atoms with Crippen molar-refractivity contribution in [2.75, 3.05) is 20.2 Å². The first-order chi connectivity index (χ1) is 10.3. The Kier molecular flexibility index (Phi) is 4.36. The molecular formula is C15H20N4OS. The fourth-order valence-corrected chi connectivity index (χ4v) is 2.90. The number of likely N-dealkylation sites (tertiary alicyclic amines) is 1. The van der Waals surface area contributed by atoms with E-state index in [4.69, 9.17) is 17.0 Å². The molecule has 0 bridgehead atoms. The molecule has 0 amide bonds. The summed E-state index contributed by atoms with van der Waals surface area (Å²) in [5.74, 6) is 0.839. The van der Waals surface area contributed by atoms with E-state index in [2.05, 4.69) is 10.00 Å². The van der Waals surface area contributed by atoms with Gasteiger partial charge in [-0.05, 0) is 62.4 Å². The molecule has 1 aliphatic heterocycles. The van der Waals surface area contributed by atoms with Gasteiger partial charge in [0.05, 0.1) is 13.8 Å². The molecule has 0 spiro atoms. The highest BCUT2D eigenvalue weighted by atomic mass is 32.1. The van der Waals surface area contributed by atoms with Gasteiger partial charge in [0.1, 0.15) is 12.1 Å². The van der Waals surface area contributed by atoms with Crippen LogP contribution in [0.25, 0.3) is 5.69 Å². The standard InChI is InChI=1S/C15H20N4OS/c1-20-14-7-5-13(6-8-14)18-11-16-19(15(18)21)12-17-9-3-2-4-10-17/h5-8,11H,2-4,9-10,12H2,1H3. The van der Waals surface area contributed by atoms with Crippen molar-refractivity contribution in [3.8, 4) is 11.4 Å². The molecule has 1 fully saturated rings. The molecule has 1 aromatic heterocycles. The zero-order valence-corrected chi connectivity index (χ0v) is 13.1. The van der Waals surface area contributed by atoms with Gasteiger partial charge in [-0.15, -0.1) is 0 Å². The van der Waals surface area contributed by atoms with Gasteiger partial charge in [-0.3, -0.25) is 9.47 Å². The van der Waals surface area contributed by atoms with Crippen molar-refractivity contribution in [2.24, 2.45) is 0 Å². The highest BCUT2D eigenvalue weighted by molar-refractivity contribution is 7.71. The highest BCUT2D eigenvalue weighted by Gasteiger charge is 2.12. The average Bonchev–Trinajstić information content (AvgIpc) is 2.89. The number of hydrogen-bond acceptors (Lipinski definition) is 4. The van der Waals surface area contributed by atoms with Crippen LogP contribution >= 0.6 is 12.2 Å². The third-order valence-electron chi connectivity index (χ3n) is 3.87. The number of rotatable bonds is 4. The molecule has 0 unspecified atom stereocenters. The first kappa shape index (κ1) is 14.3. The molecule has 0 saturated carbocycles. The van der Waals surface area contributed by atoms with Crippen LogP contribution in [0.2, 0.25) is 0 Å². The third kappa shape index (κ3) is 3.16. The minimum atomic E-state index is 0.728. The fraction of sp³-hybridized carbons (Fsp3) is 0.467. The summed E-state index contributed by atoms with van der Waals surface area (Å²) in [4.78, 5) is 2.41. The largest absolute Gasteiger partial charge is 0.497 e. The van der Waals surface area contributed by atoms with Gasteiger partial charge in [-0.2, -0.15) is 5.10 Å². The zero-order valence-electron chi connectivity index (χ0n) is 12.2. The Morgan fingerprint density at radius 3 is 2.52 bits per heavy atom. The van der Waals surface area contributed by atoms with Crippen LogP contribution in [0.1, 0.15) is 19.3 Å². The topological polar surface area (TPSA) is 35.2 Å². The monoisotopic (exact) mass is 304 g/mol. The summed E-state index contributed by atoms with van der Waals surface area (Å²) in [5.41, 5.74) is 1.01. The van der Waals surface area contributed by atoms with E-state index in [0.29, 0.717) is 0 Å². The van der Waals surface area contributed by atoms with E-state index in [1.165, 1.54) is 19.3 Å². The van der Waals surface area contributed by atoms with Crippen molar-refractivity contribution in [1.82, 2.24) is 19.2 Å². The van der Waals surface area contributed by atoms with Crippen molar-refractivity contribution in [2.45, 2.75) is 25.9 Å². The van der Waals surface area contributed by atoms with Gasteiger partial charge in [0.15, 0.2) is 0 Å². The van der Waals surface area contributed by atoms with Crippen LogP contribution in [0, 0.1) is 4.77 Å². The number of nitrogens with zero attached hydrogens (tertiary/aromatic N) is 4.